The summed E-state index contributed by atoms with van der Waals surface area (Å²) < 4.78 is 5.89. The van der Waals surface area contributed by atoms with Crippen LogP contribution in [0, 0.1) is 0 Å². The first-order chi connectivity index (χ1) is 13.5. The molecule has 3 rings (SSSR count). The summed E-state index contributed by atoms with van der Waals surface area (Å²) >= 11 is 6.92. The molecule has 0 spiro atoms. The molecule has 144 valence electrons. The van der Waals surface area contributed by atoms with Crippen LogP contribution < -0.4 is 10.3 Å². The number of nitrogens with zero attached hydrogens (tertiary/aromatic N) is 3. The fourth-order valence-electron chi connectivity index (χ4n) is 2.35. The number of thiazole rings is 1. The minimum Gasteiger partial charge on any atom is -0.465 e. The lowest BCUT2D eigenvalue weighted by Crippen LogP contribution is -2.21. The number of para-hydroxylation sites is 1. The second-order valence-electron chi connectivity index (χ2n) is 5.50. The van der Waals surface area contributed by atoms with Crippen LogP contribution in [0.4, 0.5) is 0 Å². The summed E-state index contributed by atoms with van der Waals surface area (Å²) in [6.45, 7) is 1.59. The summed E-state index contributed by atoms with van der Waals surface area (Å²) in [7, 11) is 0. The molecule has 8 nitrogen and oxygen atoms in total. The highest BCUT2D eigenvalue weighted by Crippen LogP contribution is 2.17. The van der Waals surface area contributed by atoms with Crippen molar-refractivity contribution in [2.45, 2.75) is 13.5 Å². The van der Waals surface area contributed by atoms with Crippen molar-refractivity contribution in [1.82, 2.24) is 15.0 Å². The zero-order chi connectivity index (χ0) is 20.1. The number of pyridine rings is 1. The molecule has 3 aromatic rings. The lowest BCUT2D eigenvalue weighted by Gasteiger charge is -2.03. The van der Waals surface area contributed by atoms with Crippen molar-refractivity contribution in [3.63, 3.8) is 0 Å². The number of nitrogens with one attached hydrogen (secondary N) is 1. The van der Waals surface area contributed by atoms with Gasteiger partial charge in [0.15, 0.2) is 0 Å². The van der Waals surface area contributed by atoms with E-state index in [2.05, 4.69) is 15.5 Å². The molecule has 2 aromatic heterocycles. The van der Waals surface area contributed by atoms with Gasteiger partial charge >= 0.3 is 10.8 Å². The van der Waals surface area contributed by atoms with Crippen LogP contribution in [0.15, 0.2) is 46.3 Å². The SMILES string of the molecule is CCOC(=O)Cn1c(Cl)c(/C=N/NC(=O)c2ccc3ccccc3n2)sc1=O. The molecule has 28 heavy (non-hydrogen) atoms. The molecule has 1 aromatic carbocycles. The van der Waals surface area contributed by atoms with E-state index in [1.165, 1.54) is 6.21 Å². The Balaban J connectivity index is 1.70. The van der Waals surface area contributed by atoms with E-state index in [1.54, 1.807) is 25.1 Å². The van der Waals surface area contributed by atoms with Crippen LogP contribution in [0.3, 0.4) is 0 Å². The second kappa shape index (κ2) is 8.77. The van der Waals surface area contributed by atoms with Gasteiger partial charge in [-0.2, -0.15) is 5.10 Å². The first-order valence-corrected chi connectivity index (χ1v) is 9.43. The maximum Gasteiger partial charge on any atom is 0.326 e. The maximum absolute atomic E-state index is 12.2. The first kappa shape index (κ1) is 19.7. The molecule has 0 fully saturated rings. The molecular formula is C18H15ClN4O4S. The third kappa shape index (κ3) is 4.44. The highest BCUT2D eigenvalue weighted by atomic mass is 35.5. The van der Waals surface area contributed by atoms with Gasteiger partial charge in [0.25, 0.3) is 5.91 Å². The quantitative estimate of drug-likeness (QED) is 0.376. The van der Waals surface area contributed by atoms with Crippen LogP contribution in [0.1, 0.15) is 22.3 Å². The summed E-state index contributed by atoms with van der Waals surface area (Å²) in [4.78, 5) is 39.9. The Labute approximate surface area is 168 Å². The van der Waals surface area contributed by atoms with E-state index in [1.807, 2.05) is 18.2 Å². The predicted octanol–water partition coefficient (Wildman–Crippen LogP) is 2.44. The van der Waals surface area contributed by atoms with Gasteiger partial charge in [0, 0.05) is 5.39 Å². The second-order valence-corrected chi connectivity index (χ2v) is 6.85. The van der Waals surface area contributed by atoms with Gasteiger partial charge in [-0.25, -0.2) is 10.4 Å². The van der Waals surface area contributed by atoms with Crippen LogP contribution in [-0.2, 0) is 16.1 Å². The fraction of sp³-hybridized carbons (Fsp3) is 0.167. The molecule has 2 heterocycles. The summed E-state index contributed by atoms with van der Waals surface area (Å²) in [5.74, 6) is -1.07. The van der Waals surface area contributed by atoms with Crippen molar-refractivity contribution in [2.24, 2.45) is 5.10 Å². The zero-order valence-electron chi connectivity index (χ0n) is 14.7. The van der Waals surface area contributed by atoms with Crippen molar-refractivity contribution >= 4 is 51.9 Å². The Morgan fingerprint density at radius 2 is 2.11 bits per heavy atom. The Kier molecular flexibility index (Phi) is 6.17. The highest BCUT2D eigenvalue weighted by molar-refractivity contribution is 7.11. The summed E-state index contributed by atoms with van der Waals surface area (Å²) in [5, 5.41) is 4.79. The molecule has 0 saturated carbocycles. The Morgan fingerprint density at radius 3 is 2.89 bits per heavy atom. The van der Waals surface area contributed by atoms with Gasteiger partial charge in [0.1, 0.15) is 17.4 Å². The standard InChI is InChI=1S/C18H15ClN4O4S/c1-2-27-15(24)10-23-16(19)14(28-18(23)26)9-20-22-17(25)13-8-7-11-5-3-4-6-12(11)21-13/h3-9H,2,10H2,1H3,(H,22,25)/b20-9+. The minimum absolute atomic E-state index is 0.0462. The minimum atomic E-state index is -0.566. The number of hydrogen-bond donors (Lipinski definition) is 1. The third-order valence-electron chi connectivity index (χ3n) is 3.63. The Bertz CT molecular complexity index is 1120. The van der Waals surface area contributed by atoms with E-state index in [9.17, 15) is 14.4 Å². The summed E-state index contributed by atoms with van der Waals surface area (Å²) in [5.41, 5.74) is 3.24. The number of fused-ring (bicyclic) bond motifs is 1. The van der Waals surface area contributed by atoms with Crippen LogP contribution in [-0.4, -0.2) is 34.2 Å². The molecule has 1 N–H and O–H groups in total. The zero-order valence-corrected chi connectivity index (χ0v) is 16.3. The number of aromatic nitrogens is 2. The van der Waals surface area contributed by atoms with Crippen molar-refractivity contribution in [1.29, 1.82) is 0 Å². The Hall–Kier alpha value is -3.04. The predicted molar refractivity (Wildman–Crippen MR) is 107 cm³/mol. The van der Waals surface area contributed by atoms with Gasteiger partial charge in [-0.15, -0.1) is 0 Å². The van der Waals surface area contributed by atoms with Crippen LogP contribution >= 0.6 is 22.9 Å². The number of hydrazone groups is 1. The van der Waals surface area contributed by atoms with Crippen LogP contribution in [0.5, 0.6) is 0 Å². The molecule has 0 aliphatic carbocycles. The molecule has 1 amide bonds. The number of carbonyl (C=O) groups excluding carboxylic acids is 2. The fourth-order valence-corrected chi connectivity index (χ4v) is 3.46. The molecule has 0 radical (unpaired) electrons. The molecule has 0 saturated heterocycles. The average Bonchev–Trinajstić information content (AvgIpc) is 2.95. The molecule has 0 atom stereocenters. The lowest BCUT2D eigenvalue weighted by molar-refractivity contribution is -0.143. The van der Waals surface area contributed by atoms with Gasteiger partial charge in [-0.05, 0) is 19.1 Å². The van der Waals surface area contributed by atoms with E-state index in [-0.39, 0.29) is 24.0 Å². The average molecular weight is 419 g/mol. The van der Waals surface area contributed by atoms with Gasteiger partial charge < -0.3 is 4.74 Å². The van der Waals surface area contributed by atoms with E-state index in [0.29, 0.717) is 10.4 Å². The molecule has 0 aliphatic rings. The topological polar surface area (TPSA) is 103 Å². The van der Waals surface area contributed by atoms with Crippen molar-refractivity contribution in [2.75, 3.05) is 6.61 Å². The number of ether oxygens (including phenoxy) is 1. The lowest BCUT2D eigenvalue weighted by atomic mass is 10.2. The maximum atomic E-state index is 12.2. The van der Waals surface area contributed by atoms with Gasteiger partial charge in [-0.1, -0.05) is 47.2 Å². The van der Waals surface area contributed by atoms with Gasteiger partial charge in [0.05, 0.1) is 23.2 Å². The molecule has 0 bridgehead atoms. The van der Waals surface area contributed by atoms with E-state index < -0.39 is 16.7 Å². The number of amides is 1. The number of benzene rings is 1. The normalized spacial score (nSPS) is 11.1. The van der Waals surface area contributed by atoms with Crippen molar-refractivity contribution < 1.29 is 14.3 Å². The van der Waals surface area contributed by atoms with Crippen molar-refractivity contribution in [3.05, 3.63) is 61.8 Å². The first-order valence-electron chi connectivity index (χ1n) is 8.23. The summed E-state index contributed by atoms with van der Waals surface area (Å²) in [6, 6.07) is 10.8. The molecular weight excluding hydrogens is 404 g/mol. The monoisotopic (exact) mass is 418 g/mol. The largest absolute Gasteiger partial charge is 0.465 e. The van der Waals surface area contributed by atoms with E-state index in [4.69, 9.17) is 16.3 Å². The van der Waals surface area contributed by atoms with E-state index in [0.717, 1.165) is 21.3 Å². The molecule has 0 aliphatic heterocycles. The van der Waals surface area contributed by atoms with Crippen LogP contribution in [0.2, 0.25) is 5.15 Å². The molecule has 10 heteroatoms. The number of carbonyl (C=O) groups is 2. The number of rotatable bonds is 6. The number of halogens is 1. The van der Waals surface area contributed by atoms with Gasteiger partial charge in [0.2, 0.25) is 0 Å². The smallest absolute Gasteiger partial charge is 0.326 e. The van der Waals surface area contributed by atoms with E-state index >= 15 is 0 Å². The van der Waals surface area contributed by atoms with Crippen LogP contribution in [0.25, 0.3) is 10.9 Å². The Morgan fingerprint density at radius 1 is 1.32 bits per heavy atom. The number of esters is 1. The highest BCUT2D eigenvalue weighted by Gasteiger charge is 2.15. The van der Waals surface area contributed by atoms with Gasteiger partial charge in [-0.3, -0.25) is 19.0 Å². The molecule has 0 unspecified atom stereocenters. The number of hydrogen-bond acceptors (Lipinski definition) is 7. The summed E-state index contributed by atoms with van der Waals surface area (Å²) in [6.07, 6.45) is 1.25. The van der Waals surface area contributed by atoms with Crippen molar-refractivity contribution in [3.8, 4) is 0 Å². The third-order valence-corrected chi connectivity index (χ3v) is 5.06.